The van der Waals surface area contributed by atoms with Gasteiger partial charge in [-0.1, -0.05) is 30.4 Å². The van der Waals surface area contributed by atoms with E-state index in [4.69, 9.17) is 14.0 Å². The van der Waals surface area contributed by atoms with Crippen molar-refractivity contribution in [2.24, 2.45) is 0 Å². The van der Waals surface area contributed by atoms with E-state index in [-0.39, 0.29) is 22.4 Å². The van der Waals surface area contributed by atoms with Crippen LogP contribution in [-0.2, 0) is 15.5 Å². The zero-order valence-corrected chi connectivity index (χ0v) is 18.9. The summed E-state index contributed by atoms with van der Waals surface area (Å²) in [5.74, 6) is 0.0177. The van der Waals surface area contributed by atoms with E-state index in [0.717, 1.165) is 12.1 Å². The number of halogens is 3. The molecular formula is C24H23BF3NO4. The zero-order valence-electron chi connectivity index (χ0n) is 18.9. The normalized spacial score (nSPS) is 17.2. The summed E-state index contributed by atoms with van der Waals surface area (Å²) in [5, 5.41) is 9.82. The Morgan fingerprint density at radius 1 is 1.03 bits per heavy atom. The fraction of sp³-hybridized carbons (Fsp3) is 0.333. The average molecular weight is 457 g/mol. The fourth-order valence-electron chi connectivity index (χ4n) is 3.47. The second-order valence-electron chi connectivity index (χ2n) is 8.64. The van der Waals surface area contributed by atoms with E-state index in [1.54, 1.807) is 18.2 Å². The first-order valence-electron chi connectivity index (χ1n) is 10.2. The van der Waals surface area contributed by atoms with Gasteiger partial charge in [0.15, 0.2) is 6.29 Å². The van der Waals surface area contributed by atoms with E-state index < -0.39 is 30.1 Å². The Hall–Kier alpha value is -3.09. The molecule has 0 radical (unpaired) electrons. The maximum absolute atomic E-state index is 13.6. The summed E-state index contributed by atoms with van der Waals surface area (Å²) in [6.07, 6.45) is -1.72. The maximum atomic E-state index is 13.6. The molecule has 0 aliphatic carbocycles. The van der Waals surface area contributed by atoms with Gasteiger partial charge in [0.25, 0.3) is 0 Å². The van der Waals surface area contributed by atoms with Crippen LogP contribution in [0.15, 0.2) is 30.3 Å². The van der Waals surface area contributed by atoms with Crippen LogP contribution in [0.1, 0.15) is 60.3 Å². The van der Waals surface area contributed by atoms with Gasteiger partial charge in [-0.15, -0.1) is 0 Å². The lowest BCUT2D eigenvalue weighted by atomic mass is 9.75. The summed E-state index contributed by atoms with van der Waals surface area (Å²) < 4.78 is 57.9. The summed E-state index contributed by atoms with van der Waals surface area (Å²) >= 11 is 0. The van der Waals surface area contributed by atoms with Crippen LogP contribution >= 0.6 is 0 Å². The van der Waals surface area contributed by atoms with E-state index in [9.17, 15) is 23.2 Å². The number of aldehydes is 1. The monoisotopic (exact) mass is 457 g/mol. The SMILES string of the molecule is COc1cc(/C=C/c2cccc(B3OC(C)(C)C(C)(C)O3)c2C#N)c(C(F)(F)F)cc1C=O. The Labute approximate surface area is 190 Å². The molecule has 1 saturated heterocycles. The molecule has 0 saturated carbocycles. The standard InChI is InChI=1S/C24H23BF3NO4/c1-22(2)23(3,4)33-25(32-22)20-8-6-7-15(18(20)13-29)9-10-16-12-21(31-5)17(14-30)11-19(16)24(26,27)28/h6-12,14H,1-5H3/b10-9+. The van der Waals surface area contributed by atoms with Gasteiger partial charge in [0.1, 0.15) is 5.75 Å². The van der Waals surface area contributed by atoms with E-state index in [0.29, 0.717) is 17.3 Å². The minimum atomic E-state index is -4.69. The molecule has 172 valence electrons. The molecule has 3 rings (SSSR count). The third-order valence-corrected chi connectivity index (χ3v) is 6.02. The lowest BCUT2D eigenvalue weighted by molar-refractivity contribution is -0.137. The molecule has 0 spiro atoms. The number of methoxy groups -OCH3 is 1. The number of alkyl halides is 3. The van der Waals surface area contributed by atoms with Crippen molar-refractivity contribution < 1.29 is 32.0 Å². The highest BCUT2D eigenvalue weighted by atomic mass is 19.4. The summed E-state index contributed by atoms with van der Waals surface area (Å²) in [6.45, 7) is 7.55. The molecule has 5 nitrogen and oxygen atoms in total. The van der Waals surface area contributed by atoms with Crippen molar-refractivity contribution in [3.05, 3.63) is 58.1 Å². The highest BCUT2D eigenvalue weighted by molar-refractivity contribution is 6.63. The average Bonchev–Trinajstić information content (AvgIpc) is 2.97. The smallest absolute Gasteiger partial charge is 0.496 e. The number of benzene rings is 2. The molecule has 2 aromatic carbocycles. The van der Waals surface area contributed by atoms with Gasteiger partial charge in [-0.3, -0.25) is 4.79 Å². The molecule has 0 bridgehead atoms. The summed E-state index contributed by atoms with van der Waals surface area (Å²) in [5.41, 5.74) is -1.50. The van der Waals surface area contributed by atoms with Gasteiger partial charge >= 0.3 is 13.3 Å². The number of hydrogen-bond acceptors (Lipinski definition) is 5. The first-order valence-corrected chi connectivity index (χ1v) is 10.2. The van der Waals surface area contributed by atoms with E-state index in [1.807, 2.05) is 27.7 Å². The number of ether oxygens (including phenoxy) is 1. The van der Waals surface area contributed by atoms with Crippen molar-refractivity contribution >= 4 is 31.0 Å². The molecule has 1 aliphatic rings. The largest absolute Gasteiger partial charge is 0.496 e. The number of carbonyl (C=O) groups is 1. The third kappa shape index (κ3) is 4.68. The Kier molecular flexibility index (Phi) is 6.47. The predicted octanol–water partition coefficient (Wildman–Crippen LogP) is 4.87. The van der Waals surface area contributed by atoms with Crippen LogP contribution in [0.4, 0.5) is 13.2 Å². The van der Waals surface area contributed by atoms with E-state index in [1.165, 1.54) is 19.3 Å². The lowest BCUT2D eigenvalue weighted by Gasteiger charge is -2.32. The number of nitrogens with zero attached hydrogens (tertiary/aromatic N) is 1. The van der Waals surface area contributed by atoms with Crippen molar-refractivity contribution in [2.75, 3.05) is 7.11 Å². The summed E-state index contributed by atoms with van der Waals surface area (Å²) in [4.78, 5) is 11.2. The Balaban J connectivity index is 2.07. The van der Waals surface area contributed by atoms with Crippen molar-refractivity contribution in [1.29, 1.82) is 5.26 Å². The molecule has 0 atom stereocenters. The molecule has 1 fully saturated rings. The minimum absolute atomic E-state index is 0.0177. The quantitative estimate of drug-likeness (QED) is 0.364. The second kappa shape index (κ2) is 8.69. The van der Waals surface area contributed by atoms with Crippen molar-refractivity contribution in [1.82, 2.24) is 0 Å². The third-order valence-electron chi connectivity index (χ3n) is 6.02. The van der Waals surface area contributed by atoms with Gasteiger partial charge < -0.3 is 14.0 Å². The molecule has 0 amide bonds. The molecule has 1 heterocycles. The van der Waals surface area contributed by atoms with Crippen molar-refractivity contribution in [3.8, 4) is 11.8 Å². The van der Waals surface area contributed by atoms with Crippen LogP contribution < -0.4 is 10.2 Å². The molecule has 33 heavy (non-hydrogen) atoms. The number of nitriles is 1. The lowest BCUT2D eigenvalue weighted by Crippen LogP contribution is -2.41. The number of rotatable bonds is 5. The van der Waals surface area contributed by atoms with Gasteiger partial charge in [-0.05, 0) is 51.0 Å². The van der Waals surface area contributed by atoms with Crippen LogP contribution in [0, 0.1) is 11.3 Å². The summed E-state index contributed by atoms with van der Waals surface area (Å²) in [6, 6.07) is 9.00. The van der Waals surface area contributed by atoms with Crippen molar-refractivity contribution in [2.45, 2.75) is 45.1 Å². The minimum Gasteiger partial charge on any atom is -0.496 e. The Bertz CT molecular complexity index is 1130. The highest BCUT2D eigenvalue weighted by Crippen LogP contribution is 2.38. The van der Waals surface area contributed by atoms with Gasteiger partial charge in [0.2, 0.25) is 0 Å². The topological polar surface area (TPSA) is 68.6 Å². The Morgan fingerprint density at radius 2 is 1.64 bits per heavy atom. The van der Waals surface area contributed by atoms with Crippen LogP contribution in [0.25, 0.3) is 12.2 Å². The first-order chi connectivity index (χ1) is 15.3. The highest BCUT2D eigenvalue weighted by Gasteiger charge is 2.52. The second-order valence-corrected chi connectivity index (χ2v) is 8.64. The Morgan fingerprint density at radius 3 is 2.15 bits per heavy atom. The predicted molar refractivity (Wildman–Crippen MR) is 119 cm³/mol. The van der Waals surface area contributed by atoms with Crippen LogP contribution in [-0.4, -0.2) is 31.7 Å². The first kappa shape index (κ1) is 24.6. The van der Waals surface area contributed by atoms with Crippen LogP contribution in [0.5, 0.6) is 5.75 Å². The summed E-state index contributed by atoms with van der Waals surface area (Å²) in [7, 11) is 0.473. The van der Waals surface area contributed by atoms with Gasteiger partial charge in [0, 0.05) is 5.46 Å². The van der Waals surface area contributed by atoms with E-state index >= 15 is 0 Å². The van der Waals surface area contributed by atoms with Crippen molar-refractivity contribution in [3.63, 3.8) is 0 Å². The number of hydrogen-bond donors (Lipinski definition) is 0. The van der Waals surface area contributed by atoms with Crippen LogP contribution in [0.3, 0.4) is 0 Å². The van der Waals surface area contributed by atoms with Crippen LogP contribution in [0.2, 0.25) is 0 Å². The van der Waals surface area contributed by atoms with Gasteiger partial charge in [-0.25, -0.2) is 0 Å². The molecule has 0 N–H and O–H groups in total. The number of carbonyl (C=O) groups excluding carboxylic acids is 1. The maximum Gasteiger partial charge on any atom is 0.496 e. The molecule has 9 heteroatoms. The molecule has 0 unspecified atom stereocenters. The van der Waals surface area contributed by atoms with Gasteiger partial charge in [0.05, 0.1) is 41.1 Å². The molecular weight excluding hydrogens is 434 g/mol. The zero-order chi connectivity index (χ0) is 24.6. The van der Waals surface area contributed by atoms with E-state index in [2.05, 4.69) is 6.07 Å². The fourth-order valence-corrected chi connectivity index (χ4v) is 3.47. The van der Waals surface area contributed by atoms with Gasteiger partial charge in [-0.2, -0.15) is 18.4 Å². The molecule has 0 aromatic heterocycles. The molecule has 1 aliphatic heterocycles. The molecule has 2 aromatic rings.